The molecule has 6 fully saturated rings. The van der Waals surface area contributed by atoms with Crippen LogP contribution in [0.25, 0.3) is 0 Å². The van der Waals surface area contributed by atoms with Gasteiger partial charge in [0, 0.05) is 30.1 Å². The van der Waals surface area contributed by atoms with Gasteiger partial charge in [-0.25, -0.2) is 0 Å². The number of ether oxygens (including phenoxy) is 2. The molecule has 7 unspecified atom stereocenters. The van der Waals surface area contributed by atoms with Gasteiger partial charge in [-0.15, -0.1) is 0 Å². The van der Waals surface area contributed by atoms with E-state index >= 15 is 0 Å². The molecular formula is C28H44O3. The SMILES string of the molecule is CC1C2C(CC3C4CC[C@H]5C[C@@H](C)CC[C@]5(C)C4CC(=O)[C@@]32C)OC12CC[C@@H](C)CO2. The summed E-state index contributed by atoms with van der Waals surface area (Å²) in [5.41, 5.74) is 0.187. The highest BCUT2D eigenvalue weighted by Crippen LogP contribution is 2.70. The lowest BCUT2D eigenvalue weighted by Crippen LogP contribution is -2.58. The summed E-state index contributed by atoms with van der Waals surface area (Å²) in [5.74, 6) is 5.00. The Labute approximate surface area is 189 Å². The van der Waals surface area contributed by atoms with E-state index < -0.39 is 5.79 Å². The largest absolute Gasteiger partial charge is 0.349 e. The third-order valence-corrected chi connectivity index (χ3v) is 12.1. The number of carbonyl (C=O) groups is 1. The van der Waals surface area contributed by atoms with Crippen molar-refractivity contribution >= 4 is 5.78 Å². The number of fused-ring (bicyclic) bond motifs is 7. The molecule has 2 aliphatic heterocycles. The van der Waals surface area contributed by atoms with E-state index in [1.54, 1.807) is 0 Å². The van der Waals surface area contributed by atoms with Crippen LogP contribution in [0.1, 0.15) is 92.4 Å². The molecule has 2 saturated heterocycles. The molecule has 0 aromatic rings. The van der Waals surface area contributed by atoms with Crippen LogP contribution in [0, 0.1) is 58.2 Å². The molecule has 3 nitrogen and oxygen atoms in total. The minimum Gasteiger partial charge on any atom is -0.349 e. The van der Waals surface area contributed by atoms with E-state index in [9.17, 15) is 4.79 Å². The molecule has 2 heterocycles. The Morgan fingerprint density at radius 2 is 1.68 bits per heavy atom. The van der Waals surface area contributed by atoms with E-state index in [1.807, 2.05) is 0 Å². The molecule has 0 radical (unpaired) electrons. The summed E-state index contributed by atoms with van der Waals surface area (Å²) in [4.78, 5) is 14.0. The number of hydrogen-bond donors (Lipinski definition) is 0. The van der Waals surface area contributed by atoms with Gasteiger partial charge in [0.1, 0.15) is 5.78 Å². The Bertz CT molecular complexity index is 753. The number of carbonyl (C=O) groups excluding carboxylic acids is 1. The first-order valence-electron chi connectivity index (χ1n) is 13.5. The van der Waals surface area contributed by atoms with Crippen molar-refractivity contribution in [2.75, 3.05) is 6.61 Å². The van der Waals surface area contributed by atoms with Crippen LogP contribution in [0.15, 0.2) is 0 Å². The molecule has 4 aliphatic carbocycles. The molecule has 0 aromatic heterocycles. The molecule has 31 heavy (non-hydrogen) atoms. The maximum absolute atomic E-state index is 14.0. The summed E-state index contributed by atoms with van der Waals surface area (Å²) in [7, 11) is 0. The minimum atomic E-state index is -0.421. The van der Waals surface area contributed by atoms with E-state index in [0.29, 0.717) is 40.8 Å². The van der Waals surface area contributed by atoms with E-state index in [-0.39, 0.29) is 11.5 Å². The molecule has 0 amide bonds. The van der Waals surface area contributed by atoms with Crippen LogP contribution in [0.4, 0.5) is 0 Å². The van der Waals surface area contributed by atoms with Crippen molar-refractivity contribution in [3.05, 3.63) is 0 Å². The molecule has 1 spiro atoms. The highest BCUT2D eigenvalue weighted by molar-refractivity contribution is 5.87. The summed E-state index contributed by atoms with van der Waals surface area (Å²) in [6, 6.07) is 0. The van der Waals surface area contributed by atoms with Gasteiger partial charge in [0.25, 0.3) is 0 Å². The number of ketones is 1. The van der Waals surface area contributed by atoms with Crippen molar-refractivity contribution in [2.45, 2.75) is 104 Å². The zero-order valence-corrected chi connectivity index (χ0v) is 20.5. The molecule has 0 aromatic carbocycles. The van der Waals surface area contributed by atoms with Crippen molar-refractivity contribution in [2.24, 2.45) is 58.2 Å². The van der Waals surface area contributed by atoms with Gasteiger partial charge in [0.15, 0.2) is 5.79 Å². The number of rotatable bonds is 0. The first-order chi connectivity index (χ1) is 14.7. The van der Waals surface area contributed by atoms with E-state index in [1.165, 1.54) is 38.5 Å². The lowest BCUT2D eigenvalue weighted by atomic mass is 9.43. The maximum Gasteiger partial charge on any atom is 0.171 e. The fourth-order valence-electron chi connectivity index (χ4n) is 10.2. The highest BCUT2D eigenvalue weighted by atomic mass is 16.7. The van der Waals surface area contributed by atoms with Crippen LogP contribution in [-0.4, -0.2) is 24.3 Å². The van der Waals surface area contributed by atoms with Crippen LogP contribution >= 0.6 is 0 Å². The number of Topliss-reactive ketones (excluding diaryl/α,β-unsaturated/α-hetero) is 1. The van der Waals surface area contributed by atoms with Crippen LogP contribution in [0.5, 0.6) is 0 Å². The summed E-state index contributed by atoms with van der Waals surface area (Å²) >= 11 is 0. The zero-order valence-electron chi connectivity index (χ0n) is 20.5. The Hall–Kier alpha value is -0.410. The van der Waals surface area contributed by atoms with Crippen LogP contribution < -0.4 is 0 Å². The lowest BCUT2D eigenvalue weighted by Gasteiger charge is -2.60. The summed E-state index contributed by atoms with van der Waals surface area (Å²) in [6.07, 6.45) is 11.1. The molecule has 0 bridgehead atoms. The van der Waals surface area contributed by atoms with Gasteiger partial charge in [0.05, 0.1) is 12.7 Å². The lowest BCUT2D eigenvalue weighted by molar-refractivity contribution is -0.272. The van der Waals surface area contributed by atoms with Gasteiger partial charge in [-0.05, 0) is 79.4 Å². The molecule has 0 N–H and O–H groups in total. The van der Waals surface area contributed by atoms with Gasteiger partial charge in [-0.1, -0.05) is 41.0 Å². The third kappa shape index (κ3) is 2.69. The van der Waals surface area contributed by atoms with Crippen LogP contribution in [0.3, 0.4) is 0 Å². The quantitative estimate of drug-likeness (QED) is 0.457. The van der Waals surface area contributed by atoms with Gasteiger partial charge in [-0.3, -0.25) is 4.79 Å². The Morgan fingerprint density at radius 1 is 0.903 bits per heavy atom. The molecule has 12 atom stereocenters. The van der Waals surface area contributed by atoms with Gasteiger partial charge in [0.2, 0.25) is 0 Å². The molecule has 3 heteroatoms. The summed E-state index contributed by atoms with van der Waals surface area (Å²) in [6.45, 7) is 12.8. The summed E-state index contributed by atoms with van der Waals surface area (Å²) < 4.78 is 13.2. The normalized spacial score (nSPS) is 60.9. The smallest absolute Gasteiger partial charge is 0.171 e. The van der Waals surface area contributed by atoms with Crippen molar-refractivity contribution in [1.29, 1.82) is 0 Å². The van der Waals surface area contributed by atoms with Gasteiger partial charge >= 0.3 is 0 Å². The average molecular weight is 429 g/mol. The number of hydrogen-bond acceptors (Lipinski definition) is 3. The predicted octanol–water partition coefficient (Wildman–Crippen LogP) is 6.25. The first kappa shape index (κ1) is 21.1. The minimum absolute atomic E-state index is 0.202. The average Bonchev–Trinajstić information content (AvgIpc) is 3.18. The maximum atomic E-state index is 14.0. The standard InChI is InChI=1S/C28H44O3/c1-16-8-10-26(4)19(12-16)6-7-20-21(26)14-24(29)27(5)22(20)13-23-25(27)18(3)28(31-23)11-9-17(2)15-30-28/h16-23,25H,6-15H2,1-5H3/t16-,17+,18?,19-,20?,21?,22?,23?,25?,26-,27+,28?/m0/s1. The molecule has 174 valence electrons. The van der Waals surface area contributed by atoms with Crippen LogP contribution in [0.2, 0.25) is 0 Å². The molecule has 6 rings (SSSR count). The molecule has 4 saturated carbocycles. The third-order valence-electron chi connectivity index (χ3n) is 12.1. The van der Waals surface area contributed by atoms with Crippen molar-refractivity contribution in [3.8, 4) is 0 Å². The first-order valence-corrected chi connectivity index (χ1v) is 13.5. The second-order valence-corrected chi connectivity index (χ2v) is 13.4. The van der Waals surface area contributed by atoms with Crippen molar-refractivity contribution in [1.82, 2.24) is 0 Å². The summed E-state index contributed by atoms with van der Waals surface area (Å²) in [5, 5.41) is 0. The molecular weight excluding hydrogens is 384 g/mol. The Kier molecular flexibility index (Phi) is 4.65. The second-order valence-electron chi connectivity index (χ2n) is 13.4. The molecule has 6 aliphatic rings. The second kappa shape index (κ2) is 6.81. The van der Waals surface area contributed by atoms with E-state index in [0.717, 1.165) is 43.6 Å². The highest BCUT2D eigenvalue weighted by Gasteiger charge is 2.71. The van der Waals surface area contributed by atoms with Gasteiger partial charge in [-0.2, -0.15) is 0 Å². The van der Waals surface area contributed by atoms with Gasteiger partial charge < -0.3 is 9.47 Å². The van der Waals surface area contributed by atoms with Crippen LogP contribution in [-0.2, 0) is 14.3 Å². The van der Waals surface area contributed by atoms with Crippen molar-refractivity contribution in [3.63, 3.8) is 0 Å². The monoisotopic (exact) mass is 428 g/mol. The Balaban J connectivity index is 1.30. The topological polar surface area (TPSA) is 35.5 Å². The zero-order chi connectivity index (χ0) is 21.8. The predicted molar refractivity (Wildman–Crippen MR) is 121 cm³/mol. The Morgan fingerprint density at radius 3 is 2.42 bits per heavy atom. The fourth-order valence-corrected chi connectivity index (χ4v) is 10.2. The fraction of sp³-hybridized carbons (Fsp3) is 0.964. The van der Waals surface area contributed by atoms with Crippen molar-refractivity contribution < 1.29 is 14.3 Å². The van der Waals surface area contributed by atoms with E-state index in [4.69, 9.17) is 9.47 Å². The van der Waals surface area contributed by atoms with E-state index in [2.05, 4.69) is 34.6 Å².